The van der Waals surface area contributed by atoms with Crippen LogP contribution in [0.2, 0.25) is 0 Å². The second kappa shape index (κ2) is 2.63. The molecule has 62 valence electrons. The summed E-state index contributed by atoms with van der Waals surface area (Å²) in [5.41, 5.74) is 6.01. The van der Waals surface area contributed by atoms with Gasteiger partial charge in [0.1, 0.15) is 0 Å². The third-order valence-corrected chi connectivity index (χ3v) is 3.41. The largest absolute Gasteiger partial charge is 0.327 e. The van der Waals surface area contributed by atoms with E-state index in [1.165, 1.54) is 19.3 Å². The lowest BCUT2D eigenvalue weighted by molar-refractivity contribution is 0.489. The zero-order chi connectivity index (χ0) is 7.84. The van der Waals surface area contributed by atoms with Gasteiger partial charge in [-0.25, -0.2) is 0 Å². The Hall–Kier alpha value is -0.300. The van der Waals surface area contributed by atoms with E-state index < -0.39 is 0 Å². The SMILES string of the molecule is C=CCC(N)C1C2CCCC21. The Morgan fingerprint density at radius 1 is 1.45 bits per heavy atom. The normalized spacial score (nSPS) is 43.2. The highest BCUT2D eigenvalue weighted by molar-refractivity contribution is 5.06. The Morgan fingerprint density at radius 3 is 2.64 bits per heavy atom. The van der Waals surface area contributed by atoms with Gasteiger partial charge < -0.3 is 5.73 Å². The maximum Gasteiger partial charge on any atom is 0.0107 e. The average Bonchev–Trinajstić information content (AvgIpc) is 2.47. The van der Waals surface area contributed by atoms with Gasteiger partial charge in [-0.05, 0) is 37.0 Å². The van der Waals surface area contributed by atoms with E-state index in [1.54, 1.807) is 0 Å². The first-order valence-electron chi connectivity index (χ1n) is 4.71. The van der Waals surface area contributed by atoms with Crippen LogP contribution in [0.1, 0.15) is 25.7 Å². The molecule has 3 atom stereocenters. The summed E-state index contributed by atoms with van der Waals surface area (Å²) in [6.45, 7) is 3.72. The fourth-order valence-electron chi connectivity index (χ4n) is 2.86. The number of rotatable bonds is 3. The zero-order valence-electron chi connectivity index (χ0n) is 7.00. The Balaban J connectivity index is 1.85. The minimum Gasteiger partial charge on any atom is -0.327 e. The summed E-state index contributed by atoms with van der Waals surface area (Å²) >= 11 is 0. The quantitative estimate of drug-likeness (QED) is 0.613. The molecule has 2 fully saturated rings. The van der Waals surface area contributed by atoms with Crippen LogP contribution in [0.15, 0.2) is 12.7 Å². The first kappa shape index (κ1) is 7.35. The fourth-order valence-corrected chi connectivity index (χ4v) is 2.86. The summed E-state index contributed by atoms with van der Waals surface area (Å²) in [6, 6.07) is 0.419. The molecule has 0 aliphatic heterocycles. The molecule has 0 bridgehead atoms. The van der Waals surface area contributed by atoms with Gasteiger partial charge in [0.25, 0.3) is 0 Å². The molecular weight excluding hydrogens is 134 g/mol. The summed E-state index contributed by atoms with van der Waals surface area (Å²) in [6.07, 6.45) is 7.31. The van der Waals surface area contributed by atoms with E-state index in [1.807, 2.05) is 6.08 Å². The van der Waals surface area contributed by atoms with Gasteiger partial charge in [-0.15, -0.1) is 6.58 Å². The maximum absolute atomic E-state index is 6.01. The smallest absolute Gasteiger partial charge is 0.0107 e. The molecule has 0 aromatic carbocycles. The highest BCUT2D eigenvalue weighted by atomic mass is 14.7. The predicted octanol–water partition coefficient (Wildman–Crippen LogP) is 1.94. The number of hydrogen-bond acceptors (Lipinski definition) is 1. The van der Waals surface area contributed by atoms with Gasteiger partial charge in [-0.1, -0.05) is 12.5 Å². The number of nitrogens with two attached hydrogens (primary N) is 1. The lowest BCUT2D eigenvalue weighted by atomic mass is 10.0. The molecule has 2 aliphatic rings. The van der Waals surface area contributed by atoms with Gasteiger partial charge in [-0.2, -0.15) is 0 Å². The van der Waals surface area contributed by atoms with Crippen LogP contribution in [0, 0.1) is 17.8 Å². The third-order valence-electron chi connectivity index (χ3n) is 3.41. The lowest BCUT2D eigenvalue weighted by Gasteiger charge is -2.10. The molecule has 0 heterocycles. The highest BCUT2D eigenvalue weighted by Crippen LogP contribution is 2.58. The summed E-state index contributed by atoms with van der Waals surface area (Å²) in [5, 5.41) is 0. The van der Waals surface area contributed by atoms with Crippen molar-refractivity contribution in [1.82, 2.24) is 0 Å². The monoisotopic (exact) mass is 151 g/mol. The van der Waals surface area contributed by atoms with E-state index in [0.717, 1.165) is 24.2 Å². The molecule has 0 amide bonds. The number of fused-ring (bicyclic) bond motifs is 1. The van der Waals surface area contributed by atoms with Crippen molar-refractivity contribution >= 4 is 0 Å². The minimum atomic E-state index is 0.419. The molecule has 0 saturated heterocycles. The molecule has 0 radical (unpaired) electrons. The molecule has 0 spiro atoms. The summed E-state index contributed by atoms with van der Waals surface area (Å²) in [5.74, 6) is 2.87. The number of hydrogen-bond donors (Lipinski definition) is 1. The van der Waals surface area contributed by atoms with Crippen molar-refractivity contribution in [2.45, 2.75) is 31.7 Å². The Bertz CT molecular complexity index is 154. The standard InChI is InChI=1S/C10H17N/c1-2-4-9(11)10-7-5-3-6-8(7)10/h2,7-10H,1,3-6,11H2. The summed E-state index contributed by atoms with van der Waals surface area (Å²) < 4.78 is 0. The Kier molecular flexibility index (Phi) is 1.76. The van der Waals surface area contributed by atoms with Gasteiger partial charge in [0.15, 0.2) is 0 Å². The van der Waals surface area contributed by atoms with Crippen molar-refractivity contribution in [1.29, 1.82) is 0 Å². The molecule has 0 aromatic heterocycles. The molecule has 1 nitrogen and oxygen atoms in total. The third kappa shape index (κ3) is 1.12. The van der Waals surface area contributed by atoms with Gasteiger partial charge in [0.05, 0.1) is 0 Å². The zero-order valence-corrected chi connectivity index (χ0v) is 7.00. The maximum atomic E-state index is 6.01. The summed E-state index contributed by atoms with van der Waals surface area (Å²) in [4.78, 5) is 0. The molecule has 2 aliphatic carbocycles. The van der Waals surface area contributed by atoms with Gasteiger partial charge in [0.2, 0.25) is 0 Å². The molecule has 2 N–H and O–H groups in total. The first-order chi connectivity index (χ1) is 5.34. The van der Waals surface area contributed by atoms with E-state index in [0.29, 0.717) is 6.04 Å². The van der Waals surface area contributed by atoms with Crippen LogP contribution in [0.3, 0.4) is 0 Å². The van der Waals surface area contributed by atoms with E-state index in [9.17, 15) is 0 Å². The van der Waals surface area contributed by atoms with Crippen LogP contribution in [0.25, 0.3) is 0 Å². The van der Waals surface area contributed by atoms with Crippen LogP contribution in [-0.2, 0) is 0 Å². The van der Waals surface area contributed by atoms with Crippen molar-refractivity contribution in [3.63, 3.8) is 0 Å². The molecule has 3 unspecified atom stereocenters. The molecule has 2 saturated carbocycles. The van der Waals surface area contributed by atoms with Crippen LogP contribution in [-0.4, -0.2) is 6.04 Å². The van der Waals surface area contributed by atoms with Gasteiger partial charge >= 0.3 is 0 Å². The second-order valence-electron chi connectivity index (χ2n) is 4.02. The fraction of sp³-hybridized carbons (Fsp3) is 0.800. The molecular formula is C10H17N. The van der Waals surface area contributed by atoms with Crippen LogP contribution in [0.4, 0.5) is 0 Å². The Morgan fingerprint density at radius 2 is 2.09 bits per heavy atom. The van der Waals surface area contributed by atoms with Crippen LogP contribution < -0.4 is 5.73 Å². The molecule has 1 heteroatoms. The van der Waals surface area contributed by atoms with Crippen molar-refractivity contribution in [3.8, 4) is 0 Å². The van der Waals surface area contributed by atoms with E-state index in [2.05, 4.69) is 6.58 Å². The van der Waals surface area contributed by atoms with E-state index >= 15 is 0 Å². The lowest BCUT2D eigenvalue weighted by Crippen LogP contribution is -2.23. The molecule has 0 aromatic rings. The van der Waals surface area contributed by atoms with Crippen LogP contribution >= 0.6 is 0 Å². The van der Waals surface area contributed by atoms with Crippen molar-refractivity contribution in [2.24, 2.45) is 23.5 Å². The van der Waals surface area contributed by atoms with Crippen molar-refractivity contribution < 1.29 is 0 Å². The van der Waals surface area contributed by atoms with Gasteiger partial charge in [0, 0.05) is 6.04 Å². The second-order valence-corrected chi connectivity index (χ2v) is 4.02. The first-order valence-corrected chi connectivity index (χ1v) is 4.71. The minimum absolute atomic E-state index is 0.419. The van der Waals surface area contributed by atoms with Crippen molar-refractivity contribution in [2.75, 3.05) is 0 Å². The van der Waals surface area contributed by atoms with Crippen molar-refractivity contribution in [3.05, 3.63) is 12.7 Å². The van der Waals surface area contributed by atoms with Gasteiger partial charge in [-0.3, -0.25) is 0 Å². The van der Waals surface area contributed by atoms with E-state index in [4.69, 9.17) is 5.73 Å². The Labute approximate surface area is 68.7 Å². The average molecular weight is 151 g/mol. The summed E-state index contributed by atoms with van der Waals surface area (Å²) in [7, 11) is 0. The topological polar surface area (TPSA) is 26.0 Å². The molecule has 11 heavy (non-hydrogen) atoms. The van der Waals surface area contributed by atoms with E-state index in [-0.39, 0.29) is 0 Å². The molecule has 2 rings (SSSR count). The van der Waals surface area contributed by atoms with Crippen LogP contribution in [0.5, 0.6) is 0 Å². The highest BCUT2D eigenvalue weighted by Gasteiger charge is 2.54. The predicted molar refractivity (Wildman–Crippen MR) is 47.1 cm³/mol.